The maximum Gasteiger partial charge on any atom is 0.409 e. The Hall–Kier alpha value is -2.38. The van der Waals surface area contributed by atoms with Gasteiger partial charge in [0, 0.05) is 19.1 Å². The molecule has 0 aromatic carbocycles. The van der Waals surface area contributed by atoms with Crippen molar-refractivity contribution in [1.82, 2.24) is 15.1 Å². The third-order valence-electron chi connectivity index (χ3n) is 6.22. The molecule has 4 amide bonds. The smallest absolute Gasteiger partial charge is 0.409 e. The number of rotatable bonds is 6. The van der Waals surface area contributed by atoms with E-state index in [1.54, 1.807) is 11.8 Å². The Morgan fingerprint density at radius 3 is 2.17 bits per heavy atom. The highest BCUT2D eigenvalue weighted by Gasteiger charge is 2.51. The summed E-state index contributed by atoms with van der Waals surface area (Å²) in [4.78, 5) is 53.9. The Balaban J connectivity index is 1.65. The zero-order valence-electron chi connectivity index (χ0n) is 18.1. The first-order valence-electron chi connectivity index (χ1n) is 11.1. The van der Waals surface area contributed by atoms with Crippen LogP contribution < -0.4 is 5.32 Å². The molecule has 0 aromatic heterocycles. The van der Waals surface area contributed by atoms with E-state index >= 15 is 0 Å². The maximum atomic E-state index is 13.2. The molecule has 0 unspecified atom stereocenters. The summed E-state index contributed by atoms with van der Waals surface area (Å²) in [6.45, 7) is 7.09. The van der Waals surface area contributed by atoms with E-state index in [-0.39, 0.29) is 47.6 Å². The van der Waals surface area contributed by atoms with Crippen molar-refractivity contribution in [1.29, 1.82) is 0 Å². The van der Waals surface area contributed by atoms with Crippen LogP contribution in [0.15, 0.2) is 12.2 Å². The molecular formula is C22H33N3O5. The summed E-state index contributed by atoms with van der Waals surface area (Å²) in [5.74, 6) is -1.21. The highest BCUT2D eigenvalue weighted by Crippen LogP contribution is 2.37. The molecule has 2 saturated heterocycles. The highest BCUT2D eigenvalue weighted by molar-refractivity contribution is 6.08. The number of likely N-dealkylation sites (tertiary alicyclic amines) is 2. The van der Waals surface area contributed by atoms with Crippen LogP contribution in [0.25, 0.3) is 0 Å². The topological polar surface area (TPSA) is 96.0 Å². The van der Waals surface area contributed by atoms with Gasteiger partial charge in [-0.3, -0.25) is 19.3 Å². The molecule has 1 N–H and O–H groups in total. The predicted octanol–water partition coefficient (Wildman–Crippen LogP) is 2.09. The fourth-order valence-electron chi connectivity index (χ4n) is 4.63. The van der Waals surface area contributed by atoms with Crippen LogP contribution in [-0.4, -0.2) is 65.4 Å². The van der Waals surface area contributed by atoms with Crippen LogP contribution in [0.4, 0.5) is 4.79 Å². The summed E-state index contributed by atoms with van der Waals surface area (Å²) < 4.78 is 5.03. The number of piperidine rings is 1. The number of ether oxygens (including phenoxy) is 1. The monoisotopic (exact) mass is 419 g/mol. The largest absolute Gasteiger partial charge is 0.450 e. The van der Waals surface area contributed by atoms with E-state index in [1.807, 2.05) is 26.0 Å². The molecule has 0 bridgehead atoms. The summed E-state index contributed by atoms with van der Waals surface area (Å²) in [5, 5.41) is 3.04. The lowest BCUT2D eigenvalue weighted by atomic mass is 9.85. The second-order valence-electron chi connectivity index (χ2n) is 8.82. The lowest BCUT2D eigenvalue weighted by molar-refractivity contribution is -0.148. The molecule has 8 nitrogen and oxygen atoms in total. The SMILES string of the molecule is CCOC(=O)N1CCC(NC(=O)[C@H](CC(C)C)N2C(=O)[C@H]3CC=CC[C@H]3C2=O)CC1. The van der Waals surface area contributed by atoms with E-state index in [4.69, 9.17) is 4.74 Å². The Labute approximate surface area is 178 Å². The normalized spacial score (nSPS) is 25.5. The lowest BCUT2D eigenvalue weighted by Gasteiger charge is -2.34. The lowest BCUT2D eigenvalue weighted by Crippen LogP contribution is -2.54. The van der Waals surface area contributed by atoms with Gasteiger partial charge in [-0.05, 0) is 44.9 Å². The minimum absolute atomic E-state index is 0.0883. The van der Waals surface area contributed by atoms with Crippen molar-refractivity contribution in [2.24, 2.45) is 17.8 Å². The molecule has 166 valence electrons. The number of carbonyl (C=O) groups excluding carboxylic acids is 4. The van der Waals surface area contributed by atoms with Gasteiger partial charge in [0.05, 0.1) is 18.4 Å². The molecule has 2 heterocycles. The van der Waals surface area contributed by atoms with Crippen LogP contribution in [-0.2, 0) is 19.1 Å². The van der Waals surface area contributed by atoms with Crippen LogP contribution in [0.5, 0.6) is 0 Å². The first kappa shape index (κ1) is 22.3. The Morgan fingerprint density at radius 1 is 1.10 bits per heavy atom. The summed E-state index contributed by atoms with van der Waals surface area (Å²) in [6.07, 6.45) is 6.38. The molecule has 3 rings (SSSR count). The van der Waals surface area contributed by atoms with Crippen molar-refractivity contribution < 1.29 is 23.9 Å². The van der Waals surface area contributed by atoms with Crippen molar-refractivity contribution in [3.8, 4) is 0 Å². The number of nitrogens with one attached hydrogen (secondary N) is 1. The number of amides is 4. The van der Waals surface area contributed by atoms with Crippen molar-refractivity contribution in [2.75, 3.05) is 19.7 Å². The van der Waals surface area contributed by atoms with Gasteiger partial charge in [0.1, 0.15) is 6.04 Å². The van der Waals surface area contributed by atoms with Gasteiger partial charge in [0.15, 0.2) is 0 Å². The van der Waals surface area contributed by atoms with Crippen molar-refractivity contribution >= 4 is 23.8 Å². The van der Waals surface area contributed by atoms with Gasteiger partial charge in [-0.25, -0.2) is 4.79 Å². The molecule has 2 aliphatic heterocycles. The molecule has 0 aromatic rings. The Bertz CT molecular complexity index is 686. The Morgan fingerprint density at radius 2 is 1.67 bits per heavy atom. The highest BCUT2D eigenvalue weighted by atomic mass is 16.6. The van der Waals surface area contributed by atoms with Crippen molar-refractivity contribution in [3.05, 3.63) is 12.2 Å². The number of hydrogen-bond donors (Lipinski definition) is 1. The van der Waals surface area contributed by atoms with E-state index in [0.29, 0.717) is 51.8 Å². The summed E-state index contributed by atoms with van der Waals surface area (Å²) in [6, 6.07) is -0.867. The molecule has 0 saturated carbocycles. The van der Waals surface area contributed by atoms with Gasteiger partial charge in [-0.2, -0.15) is 0 Å². The zero-order valence-corrected chi connectivity index (χ0v) is 18.1. The number of allylic oxidation sites excluding steroid dienone is 2. The molecule has 1 aliphatic carbocycles. The summed E-state index contributed by atoms with van der Waals surface area (Å²) in [5.41, 5.74) is 0. The second-order valence-corrected chi connectivity index (χ2v) is 8.82. The number of nitrogens with zero attached hydrogens (tertiary/aromatic N) is 2. The number of hydrogen-bond acceptors (Lipinski definition) is 5. The zero-order chi connectivity index (χ0) is 21.8. The number of fused-ring (bicyclic) bond motifs is 1. The fourth-order valence-corrected chi connectivity index (χ4v) is 4.63. The van der Waals surface area contributed by atoms with Crippen LogP contribution in [0, 0.1) is 17.8 Å². The van der Waals surface area contributed by atoms with Gasteiger partial charge < -0.3 is 15.0 Å². The number of imide groups is 1. The van der Waals surface area contributed by atoms with Gasteiger partial charge in [-0.15, -0.1) is 0 Å². The van der Waals surface area contributed by atoms with E-state index in [1.165, 1.54) is 4.90 Å². The average molecular weight is 420 g/mol. The molecule has 8 heteroatoms. The molecule has 2 fully saturated rings. The van der Waals surface area contributed by atoms with Crippen LogP contribution in [0.2, 0.25) is 0 Å². The van der Waals surface area contributed by atoms with Gasteiger partial charge in [-0.1, -0.05) is 26.0 Å². The van der Waals surface area contributed by atoms with Crippen LogP contribution in [0.3, 0.4) is 0 Å². The first-order valence-corrected chi connectivity index (χ1v) is 11.1. The molecule has 30 heavy (non-hydrogen) atoms. The van der Waals surface area contributed by atoms with Gasteiger partial charge >= 0.3 is 6.09 Å². The van der Waals surface area contributed by atoms with E-state index in [0.717, 1.165) is 0 Å². The fraction of sp³-hybridized carbons (Fsp3) is 0.727. The molecular weight excluding hydrogens is 386 g/mol. The van der Waals surface area contributed by atoms with Crippen LogP contribution >= 0.6 is 0 Å². The molecule has 0 radical (unpaired) electrons. The quantitative estimate of drug-likeness (QED) is 0.525. The second kappa shape index (κ2) is 9.62. The number of carbonyl (C=O) groups is 4. The Kier molecular flexibility index (Phi) is 7.15. The summed E-state index contributed by atoms with van der Waals surface area (Å²) in [7, 11) is 0. The van der Waals surface area contributed by atoms with Gasteiger partial charge in [0.25, 0.3) is 0 Å². The molecule has 3 aliphatic rings. The van der Waals surface area contributed by atoms with E-state index in [2.05, 4.69) is 5.32 Å². The third kappa shape index (κ3) is 4.68. The van der Waals surface area contributed by atoms with E-state index in [9.17, 15) is 19.2 Å². The molecule has 0 spiro atoms. The third-order valence-corrected chi connectivity index (χ3v) is 6.22. The predicted molar refractivity (Wildman–Crippen MR) is 110 cm³/mol. The minimum atomic E-state index is -0.779. The average Bonchev–Trinajstić information content (AvgIpc) is 2.97. The van der Waals surface area contributed by atoms with Gasteiger partial charge in [0.2, 0.25) is 17.7 Å². The van der Waals surface area contributed by atoms with Crippen molar-refractivity contribution in [3.63, 3.8) is 0 Å². The molecule has 3 atom stereocenters. The van der Waals surface area contributed by atoms with Crippen LogP contribution in [0.1, 0.15) is 52.9 Å². The standard InChI is InChI=1S/C22H33N3O5/c1-4-30-22(29)24-11-9-15(10-12-24)23-19(26)18(13-14(2)3)25-20(27)16-7-5-6-8-17(16)21(25)28/h5-6,14-18H,4,7-13H2,1-3H3,(H,23,26)/t16-,17+,18-/m0/s1. The minimum Gasteiger partial charge on any atom is -0.450 e. The maximum absolute atomic E-state index is 13.2. The van der Waals surface area contributed by atoms with E-state index < -0.39 is 6.04 Å². The first-order chi connectivity index (χ1) is 14.3. The van der Waals surface area contributed by atoms with Crippen molar-refractivity contribution in [2.45, 2.75) is 65.0 Å². The summed E-state index contributed by atoms with van der Waals surface area (Å²) >= 11 is 0.